The summed E-state index contributed by atoms with van der Waals surface area (Å²) >= 11 is 4.70. The molecule has 0 aliphatic heterocycles. The zero-order valence-corrected chi connectivity index (χ0v) is 13.8. The first-order valence-electron chi connectivity index (χ1n) is 5.80. The van der Waals surface area contributed by atoms with E-state index >= 15 is 0 Å². The Bertz CT molecular complexity index is 692. The average molecular weight is 360 g/mol. The van der Waals surface area contributed by atoms with Gasteiger partial charge in [-0.1, -0.05) is 22.9 Å². The van der Waals surface area contributed by atoms with Gasteiger partial charge in [0.25, 0.3) is 10.0 Å². The van der Waals surface area contributed by atoms with Gasteiger partial charge in [0.2, 0.25) is 0 Å². The second kappa shape index (κ2) is 5.64. The third-order valence-corrected chi connectivity index (χ3v) is 6.65. The van der Waals surface area contributed by atoms with Gasteiger partial charge in [-0.2, -0.15) is 0 Å². The van der Waals surface area contributed by atoms with Crippen molar-refractivity contribution in [2.75, 3.05) is 4.72 Å². The zero-order chi connectivity index (χ0) is 14.0. The fourth-order valence-corrected chi connectivity index (χ4v) is 4.20. The highest BCUT2D eigenvalue weighted by molar-refractivity contribution is 9.10. The summed E-state index contributed by atoms with van der Waals surface area (Å²) in [4.78, 5) is 1.06. The van der Waals surface area contributed by atoms with Gasteiger partial charge in [-0.3, -0.25) is 4.72 Å². The van der Waals surface area contributed by atoms with Crippen LogP contribution in [0.1, 0.15) is 17.4 Å². The van der Waals surface area contributed by atoms with Crippen LogP contribution in [0.25, 0.3) is 0 Å². The van der Waals surface area contributed by atoms with Gasteiger partial charge in [0.1, 0.15) is 4.21 Å². The molecule has 1 N–H and O–H groups in total. The first-order chi connectivity index (χ1) is 8.92. The van der Waals surface area contributed by atoms with E-state index in [2.05, 4.69) is 20.7 Å². The van der Waals surface area contributed by atoms with E-state index in [9.17, 15) is 8.42 Å². The Morgan fingerprint density at radius 1 is 1.26 bits per heavy atom. The number of halogens is 1. The van der Waals surface area contributed by atoms with Crippen LogP contribution < -0.4 is 4.72 Å². The molecule has 19 heavy (non-hydrogen) atoms. The molecular formula is C13H14BrNO2S2. The molecule has 1 aromatic carbocycles. The van der Waals surface area contributed by atoms with Crippen LogP contribution >= 0.6 is 27.3 Å². The number of anilines is 1. The molecule has 1 heterocycles. The van der Waals surface area contributed by atoms with E-state index in [0.717, 1.165) is 21.3 Å². The van der Waals surface area contributed by atoms with Gasteiger partial charge >= 0.3 is 0 Å². The Morgan fingerprint density at radius 2 is 2.00 bits per heavy atom. The molecule has 1 aromatic heterocycles. The first-order valence-corrected chi connectivity index (χ1v) is 8.89. The molecule has 102 valence electrons. The highest BCUT2D eigenvalue weighted by atomic mass is 79.9. The van der Waals surface area contributed by atoms with Crippen LogP contribution in [0.5, 0.6) is 0 Å². The van der Waals surface area contributed by atoms with Crippen molar-refractivity contribution >= 4 is 43.0 Å². The molecule has 3 nitrogen and oxygen atoms in total. The van der Waals surface area contributed by atoms with E-state index in [1.165, 1.54) is 11.3 Å². The number of aryl methyl sites for hydroxylation is 2. The summed E-state index contributed by atoms with van der Waals surface area (Å²) < 4.78 is 28.3. The zero-order valence-electron chi connectivity index (χ0n) is 10.6. The summed E-state index contributed by atoms with van der Waals surface area (Å²) in [5.74, 6) is 0. The van der Waals surface area contributed by atoms with Crippen molar-refractivity contribution in [3.8, 4) is 0 Å². The lowest BCUT2D eigenvalue weighted by atomic mass is 10.2. The highest BCUT2D eigenvalue weighted by Crippen LogP contribution is 2.26. The number of thiophene rings is 1. The molecule has 0 atom stereocenters. The van der Waals surface area contributed by atoms with Crippen LogP contribution in [0.15, 0.2) is 39.0 Å². The molecule has 0 aliphatic carbocycles. The minimum Gasteiger partial charge on any atom is -0.279 e. The van der Waals surface area contributed by atoms with Crippen LogP contribution in [0.4, 0.5) is 5.69 Å². The van der Waals surface area contributed by atoms with Crippen molar-refractivity contribution in [1.82, 2.24) is 0 Å². The van der Waals surface area contributed by atoms with Crippen LogP contribution in [-0.4, -0.2) is 8.42 Å². The SMILES string of the molecule is CCc1ccc(S(=O)(=O)Nc2ccc(Br)c(C)c2)s1. The normalized spacial score (nSPS) is 11.5. The molecule has 0 saturated heterocycles. The summed E-state index contributed by atoms with van der Waals surface area (Å²) in [6.07, 6.45) is 0.845. The van der Waals surface area contributed by atoms with Gasteiger partial charge in [-0.15, -0.1) is 11.3 Å². The van der Waals surface area contributed by atoms with Crippen molar-refractivity contribution in [3.05, 3.63) is 45.2 Å². The van der Waals surface area contributed by atoms with Crippen LogP contribution in [-0.2, 0) is 16.4 Å². The van der Waals surface area contributed by atoms with Crippen molar-refractivity contribution in [3.63, 3.8) is 0 Å². The fourth-order valence-electron chi connectivity index (χ4n) is 1.61. The van der Waals surface area contributed by atoms with Crippen LogP contribution in [0.2, 0.25) is 0 Å². The predicted molar refractivity (Wildman–Crippen MR) is 83.4 cm³/mol. The van der Waals surface area contributed by atoms with Gasteiger partial charge < -0.3 is 0 Å². The lowest BCUT2D eigenvalue weighted by molar-refractivity contribution is 0.603. The second-order valence-electron chi connectivity index (χ2n) is 4.14. The number of hydrogen-bond acceptors (Lipinski definition) is 3. The number of hydrogen-bond donors (Lipinski definition) is 1. The third-order valence-electron chi connectivity index (χ3n) is 2.66. The predicted octanol–water partition coefficient (Wildman–Crippen LogP) is 4.18. The van der Waals surface area contributed by atoms with Crippen molar-refractivity contribution in [2.45, 2.75) is 24.5 Å². The van der Waals surface area contributed by atoms with Gasteiger partial charge in [-0.05, 0) is 49.2 Å². The quantitative estimate of drug-likeness (QED) is 0.889. The van der Waals surface area contributed by atoms with E-state index in [-0.39, 0.29) is 0 Å². The minimum absolute atomic E-state index is 0.352. The molecule has 6 heteroatoms. The smallest absolute Gasteiger partial charge is 0.271 e. The molecule has 2 rings (SSSR count). The summed E-state index contributed by atoms with van der Waals surface area (Å²) in [5, 5.41) is 0. The number of benzene rings is 1. The Balaban J connectivity index is 2.28. The molecular weight excluding hydrogens is 346 g/mol. The fraction of sp³-hybridized carbons (Fsp3) is 0.231. The average Bonchev–Trinajstić information content (AvgIpc) is 2.83. The van der Waals surface area contributed by atoms with Crippen molar-refractivity contribution in [2.24, 2.45) is 0 Å². The largest absolute Gasteiger partial charge is 0.279 e. The highest BCUT2D eigenvalue weighted by Gasteiger charge is 2.16. The van der Waals surface area contributed by atoms with E-state index < -0.39 is 10.0 Å². The van der Waals surface area contributed by atoms with Crippen LogP contribution in [0.3, 0.4) is 0 Å². The molecule has 0 bridgehead atoms. The Morgan fingerprint density at radius 3 is 2.58 bits per heavy atom. The second-order valence-corrected chi connectivity index (χ2v) is 8.08. The molecule has 0 fully saturated rings. The molecule has 0 aliphatic rings. The summed E-state index contributed by atoms with van der Waals surface area (Å²) in [7, 11) is -3.48. The summed E-state index contributed by atoms with van der Waals surface area (Å²) in [6.45, 7) is 3.93. The molecule has 0 saturated carbocycles. The molecule has 2 aromatic rings. The maximum Gasteiger partial charge on any atom is 0.271 e. The third kappa shape index (κ3) is 3.38. The Labute approximate surface area is 125 Å². The number of rotatable bonds is 4. The summed E-state index contributed by atoms with van der Waals surface area (Å²) in [6, 6.07) is 8.88. The molecule has 0 radical (unpaired) electrons. The van der Waals surface area contributed by atoms with Gasteiger partial charge in [0.05, 0.1) is 0 Å². The Kier molecular flexibility index (Phi) is 4.32. The van der Waals surface area contributed by atoms with E-state index in [1.807, 2.05) is 26.0 Å². The van der Waals surface area contributed by atoms with Gasteiger partial charge in [-0.25, -0.2) is 8.42 Å². The van der Waals surface area contributed by atoms with E-state index in [0.29, 0.717) is 9.90 Å². The standard InChI is InChI=1S/C13H14BrNO2S2/c1-3-11-5-7-13(18-11)19(16,17)15-10-4-6-12(14)9(2)8-10/h4-8,15H,3H2,1-2H3. The number of sulfonamides is 1. The first kappa shape index (κ1) is 14.6. The number of nitrogens with one attached hydrogen (secondary N) is 1. The lowest BCUT2D eigenvalue weighted by Gasteiger charge is -2.07. The van der Waals surface area contributed by atoms with Crippen molar-refractivity contribution in [1.29, 1.82) is 0 Å². The van der Waals surface area contributed by atoms with E-state index in [1.54, 1.807) is 18.2 Å². The topological polar surface area (TPSA) is 46.2 Å². The van der Waals surface area contributed by atoms with Gasteiger partial charge in [0, 0.05) is 15.0 Å². The minimum atomic E-state index is -3.48. The van der Waals surface area contributed by atoms with Gasteiger partial charge in [0.15, 0.2) is 0 Å². The molecule has 0 amide bonds. The van der Waals surface area contributed by atoms with Crippen molar-refractivity contribution < 1.29 is 8.42 Å². The van der Waals surface area contributed by atoms with Crippen LogP contribution in [0, 0.1) is 6.92 Å². The monoisotopic (exact) mass is 359 g/mol. The maximum atomic E-state index is 12.2. The molecule has 0 spiro atoms. The maximum absolute atomic E-state index is 12.2. The Hall–Kier alpha value is -0.850. The summed E-state index contributed by atoms with van der Waals surface area (Å²) in [5.41, 5.74) is 1.56. The molecule has 0 unspecified atom stereocenters. The lowest BCUT2D eigenvalue weighted by Crippen LogP contribution is -2.11. The van der Waals surface area contributed by atoms with E-state index in [4.69, 9.17) is 0 Å².